The van der Waals surface area contributed by atoms with Crippen molar-refractivity contribution in [3.8, 4) is 0 Å². The third-order valence-corrected chi connectivity index (χ3v) is 6.21. The van der Waals surface area contributed by atoms with E-state index in [1.165, 1.54) is 17.4 Å². The number of nitrogens with zero attached hydrogens (tertiary/aromatic N) is 1. The molecule has 4 heteroatoms. The molecule has 0 unspecified atom stereocenters. The standard InChI is InChI=1S/C18H21NO2S/c1-14-17(22(2,20)21)13-19(14)18(15-9-5-3-6-10-15)16-11-7-4-8-12-16/h3-12,14,17-18H,13H2,1-2H3/t14-,17+/m1/s1. The van der Waals surface area contributed by atoms with Crippen LogP contribution in [0, 0.1) is 0 Å². The molecule has 1 fully saturated rings. The van der Waals surface area contributed by atoms with E-state index in [0.29, 0.717) is 6.54 Å². The highest BCUT2D eigenvalue weighted by atomic mass is 32.2. The van der Waals surface area contributed by atoms with Gasteiger partial charge in [0, 0.05) is 18.8 Å². The van der Waals surface area contributed by atoms with Gasteiger partial charge in [-0.1, -0.05) is 60.7 Å². The van der Waals surface area contributed by atoms with E-state index in [1.807, 2.05) is 43.3 Å². The van der Waals surface area contributed by atoms with Gasteiger partial charge in [0.05, 0.1) is 11.3 Å². The van der Waals surface area contributed by atoms with Gasteiger partial charge in [-0.3, -0.25) is 4.90 Å². The average molecular weight is 315 g/mol. The van der Waals surface area contributed by atoms with Crippen LogP contribution in [-0.4, -0.2) is 37.4 Å². The van der Waals surface area contributed by atoms with Crippen LogP contribution in [0.5, 0.6) is 0 Å². The molecule has 116 valence electrons. The highest BCUT2D eigenvalue weighted by Crippen LogP contribution is 2.37. The van der Waals surface area contributed by atoms with E-state index in [0.717, 1.165) is 0 Å². The number of hydrogen-bond donors (Lipinski definition) is 0. The molecule has 2 aromatic carbocycles. The summed E-state index contributed by atoms with van der Waals surface area (Å²) in [6.07, 6.45) is 1.34. The first-order valence-corrected chi connectivity index (χ1v) is 9.48. The Hall–Kier alpha value is -1.65. The van der Waals surface area contributed by atoms with E-state index in [1.54, 1.807) is 0 Å². The summed E-state index contributed by atoms with van der Waals surface area (Å²) in [6.45, 7) is 2.60. The molecule has 3 nitrogen and oxygen atoms in total. The quantitative estimate of drug-likeness (QED) is 0.870. The molecule has 2 atom stereocenters. The molecule has 1 heterocycles. The SMILES string of the molecule is C[C@@H]1[C@@H](S(C)(=O)=O)CN1C(c1ccccc1)c1ccccc1. The summed E-state index contributed by atoms with van der Waals surface area (Å²) in [6, 6.07) is 20.7. The van der Waals surface area contributed by atoms with Crippen LogP contribution in [0.15, 0.2) is 60.7 Å². The Morgan fingerprint density at radius 2 is 1.41 bits per heavy atom. The number of benzene rings is 2. The summed E-state index contributed by atoms with van der Waals surface area (Å²) in [4.78, 5) is 2.27. The largest absolute Gasteiger partial charge is 0.287 e. The van der Waals surface area contributed by atoms with Crippen LogP contribution in [0.3, 0.4) is 0 Å². The van der Waals surface area contributed by atoms with Crippen LogP contribution in [-0.2, 0) is 9.84 Å². The number of rotatable bonds is 4. The summed E-state index contributed by atoms with van der Waals surface area (Å²) in [5.41, 5.74) is 2.40. The Bertz CT molecular complexity index is 689. The molecule has 1 saturated heterocycles. The molecule has 0 aliphatic carbocycles. The lowest BCUT2D eigenvalue weighted by Gasteiger charge is -2.49. The fraction of sp³-hybridized carbons (Fsp3) is 0.333. The van der Waals surface area contributed by atoms with Crippen LogP contribution in [0.25, 0.3) is 0 Å². The van der Waals surface area contributed by atoms with Gasteiger partial charge >= 0.3 is 0 Å². The van der Waals surface area contributed by atoms with Crippen LogP contribution < -0.4 is 0 Å². The summed E-state index contributed by atoms with van der Waals surface area (Å²) >= 11 is 0. The minimum atomic E-state index is -2.99. The Kier molecular flexibility index (Phi) is 4.06. The summed E-state index contributed by atoms with van der Waals surface area (Å²) < 4.78 is 23.7. The first-order chi connectivity index (χ1) is 10.5. The number of hydrogen-bond acceptors (Lipinski definition) is 3. The molecule has 3 rings (SSSR count). The Labute approximate surface area is 132 Å². The molecular formula is C18H21NO2S. The van der Waals surface area contributed by atoms with E-state index >= 15 is 0 Å². The lowest BCUT2D eigenvalue weighted by molar-refractivity contribution is 0.0747. The van der Waals surface area contributed by atoms with Crippen molar-refractivity contribution in [3.63, 3.8) is 0 Å². The van der Waals surface area contributed by atoms with Crippen molar-refractivity contribution >= 4 is 9.84 Å². The molecule has 2 aromatic rings. The first kappa shape index (κ1) is 15.3. The molecule has 0 bridgehead atoms. The van der Waals surface area contributed by atoms with E-state index in [-0.39, 0.29) is 17.3 Å². The molecule has 0 N–H and O–H groups in total. The average Bonchev–Trinajstić information content (AvgIpc) is 2.51. The maximum atomic E-state index is 11.8. The van der Waals surface area contributed by atoms with Crippen LogP contribution >= 0.6 is 0 Å². The highest BCUT2D eigenvalue weighted by Gasteiger charge is 2.45. The molecule has 0 spiro atoms. The topological polar surface area (TPSA) is 37.4 Å². The third-order valence-electron chi connectivity index (χ3n) is 4.56. The number of likely N-dealkylation sites (tertiary alicyclic amines) is 1. The monoisotopic (exact) mass is 315 g/mol. The molecule has 0 radical (unpaired) electrons. The number of sulfone groups is 1. The van der Waals surface area contributed by atoms with E-state index < -0.39 is 9.84 Å². The van der Waals surface area contributed by atoms with E-state index in [4.69, 9.17) is 0 Å². The van der Waals surface area contributed by atoms with Crippen LogP contribution in [0.1, 0.15) is 24.1 Å². The van der Waals surface area contributed by atoms with Gasteiger partial charge in [-0.25, -0.2) is 8.42 Å². The molecule has 0 amide bonds. The van der Waals surface area contributed by atoms with Crippen molar-refractivity contribution in [3.05, 3.63) is 71.8 Å². The second-order valence-electron chi connectivity index (χ2n) is 6.03. The first-order valence-electron chi connectivity index (χ1n) is 7.53. The molecule has 1 aliphatic rings. The zero-order valence-corrected chi connectivity index (χ0v) is 13.7. The maximum absolute atomic E-state index is 11.8. The van der Waals surface area contributed by atoms with Crippen molar-refractivity contribution in [1.29, 1.82) is 0 Å². The highest BCUT2D eigenvalue weighted by molar-refractivity contribution is 7.91. The Morgan fingerprint density at radius 1 is 0.955 bits per heavy atom. The van der Waals surface area contributed by atoms with E-state index in [9.17, 15) is 8.42 Å². The summed E-state index contributed by atoms with van der Waals surface area (Å²) in [5, 5.41) is -0.262. The van der Waals surface area contributed by atoms with Crippen LogP contribution in [0.2, 0.25) is 0 Å². The van der Waals surface area contributed by atoms with Gasteiger partial charge in [0.1, 0.15) is 0 Å². The second-order valence-corrected chi connectivity index (χ2v) is 8.29. The fourth-order valence-electron chi connectivity index (χ4n) is 3.28. The predicted molar refractivity (Wildman–Crippen MR) is 89.5 cm³/mol. The Balaban J connectivity index is 1.95. The third kappa shape index (κ3) is 2.81. The lowest BCUT2D eigenvalue weighted by atomic mass is 9.91. The zero-order chi connectivity index (χ0) is 15.7. The van der Waals surface area contributed by atoms with Crippen LogP contribution in [0.4, 0.5) is 0 Å². The van der Waals surface area contributed by atoms with Gasteiger partial charge in [-0.05, 0) is 18.1 Å². The molecule has 1 aliphatic heterocycles. The predicted octanol–water partition coefficient (Wildman–Crippen LogP) is 2.89. The Morgan fingerprint density at radius 3 is 1.77 bits per heavy atom. The lowest BCUT2D eigenvalue weighted by Crippen LogP contribution is -2.62. The fourth-order valence-corrected chi connectivity index (χ4v) is 4.60. The van der Waals surface area contributed by atoms with Crippen molar-refractivity contribution in [2.45, 2.75) is 24.3 Å². The zero-order valence-electron chi connectivity index (χ0n) is 12.9. The summed E-state index contributed by atoms with van der Waals surface area (Å²) in [5.74, 6) is 0. The van der Waals surface area contributed by atoms with Crippen molar-refractivity contribution < 1.29 is 8.42 Å². The molecular weight excluding hydrogens is 294 g/mol. The van der Waals surface area contributed by atoms with Gasteiger partial charge < -0.3 is 0 Å². The van der Waals surface area contributed by atoms with Gasteiger partial charge in [0.2, 0.25) is 0 Å². The van der Waals surface area contributed by atoms with Gasteiger partial charge in [0.15, 0.2) is 9.84 Å². The van der Waals surface area contributed by atoms with Gasteiger partial charge in [-0.2, -0.15) is 0 Å². The minimum Gasteiger partial charge on any atom is -0.287 e. The van der Waals surface area contributed by atoms with Crippen molar-refractivity contribution in [1.82, 2.24) is 4.90 Å². The van der Waals surface area contributed by atoms with E-state index in [2.05, 4.69) is 29.2 Å². The molecule has 0 saturated carbocycles. The smallest absolute Gasteiger partial charge is 0.153 e. The normalized spacial score (nSPS) is 22.5. The van der Waals surface area contributed by atoms with Crippen molar-refractivity contribution in [2.75, 3.05) is 12.8 Å². The summed E-state index contributed by atoms with van der Waals surface area (Å²) in [7, 11) is -2.99. The minimum absolute atomic E-state index is 0.0282. The van der Waals surface area contributed by atoms with Gasteiger partial charge in [-0.15, -0.1) is 0 Å². The van der Waals surface area contributed by atoms with Gasteiger partial charge in [0.25, 0.3) is 0 Å². The second kappa shape index (κ2) is 5.86. The molecule has 0 aromatic heterocycles. The maximum Gasteiger partial charge on any atom is 0.153 e. The van der Waals surface area contributed by atoms with Crippen molar-refractivity contribution in [2.24, 2.45) is 0 Å². The molecule has 22 heavy (non-hydrogen) atoms.